The normalized spacial score (nSPS) is 15.0. The Morgan fingerprint density at radius 2 is 1.62 bits per heavy atom. The maximum absolute atomic E-state index is 11.7. The highest BCUT2D eigenvalue weighted by molar-refractivity contribution is 7.86. The third kappa shape index (κ3) is 10.3. The summed E-state index contributed by atoms with van der Waals surface area (Å²) in [6.45, 7) is 15.7. The number of ether oxygens (including phenoxy) is 1. The molecule has 0 aliphatic rings. The Hall–Kier alpha value is -0.643. The summed E-state index contributed by atoms with van der Waals surface area (Å²) >= 11 is 0. The average Bonchev–Trinajstić information content (AvgIpc) is 2.27. The lowest BCUT2D eigenvalue weighted by atomic mass is 10.2. The van der Waals surface area contributed by atoms with Crippen LogP contribution in [0, 0.1) is 0 Å². The van der Waals surface area contributed by atoms with Crippen LogP contribution in [0.3, 0.4) is 0 Å². The first-order valence-electron chi connectivity index (χ1n) is 7.92. The Bertz CT molecular complexity index is 519. The van der Waals surface area contributed by atoms with Crippen LogP contribution >= 0.6 is 0 Å². The van der Waals surface area contributed by atoms with E-state index in [-0.39, 0.29) is 18.2 Å². The lowest BCUT2D eigenvalue weighted by Gasteiger charge is -2.37. The number of nitrogens with one attached hydrogen (secondary N) is 1. The fraction of sp³-hybridized carbons (Fsp3) is 0.933. The van der Waals surface area contributed by atoms with Gasteiger partial charge in [0.05, 0.1) is 19.4 Å². The number of hydrogen-bond donors (Lipinski definition) is 1. The van der Waals surface area contributed by atoms with Crippen LogP contribution in [0.2, 0.25) is 18.1 Å². The Morgan fingerprint density at radius 1 is 1.12 bits per heavy atom. The molecule has 0 rings (SSSR count). The molecular formula is C15H33NO6SSi. The molecule has 9 heteroatoms. The summed E-state index contributed by atoms with van der Waals surface area (Å²) in [5, 5.41) is 2.51. The largest absolute Gasteiger partial charge is 0.444 e. The molecule has 0 aromatic heterocycles. The van der Waals surface area contributed by atoms with Crippen LogP contribution in [0.5, 0.6) is 0 Å². The van der Waals surface area contributed by atoms with E-state index < -0.39 is 36.2 Å². The average molecular weight is 384 g/mol. The second-order valence-electron chi connectivity index (χ2n) is 8.38. The Kier molecular flexibility index (Phi) is 7.94. The Morgan fingerprint density at radius 3 is 2.00 bits per heavy atom. The molecule has 0 bridgehead atoms. The van der Waals surface area contributed by atoms with Crippen molar-refractivity contribution in [2.45, 2.75) is 71.4 Å². The van der Waals surface area contributed by atoms with E-state index in [0.29, 0.717) is 0 Å². The zero-order valence-corrected chi connectivity index (χ0v) is 18.2. The van der Waals surface area contributed by atoms with Crippen molar-refractivity contribution >= 4 is 24.5 Å². The van der Waals surface area contributed by atoms with Crippen molar-refractivity contribution in [3.05, 3.63) is 0 Å². The molecule has 0 saturated heterocycles. The van der Waals surface area contributed by atoms with Gasteiger partial charge in [0.15, 0.2) is 8.32 Å². The van der Waals surface area contributed by atoms with Gasteiger partial charge >= 0.3 is 6.09 Å². The van der Waals surface area contributed by atoms with E-state index in [1.54, 1.807) is 20.8 Å². The van der Waals surface area contributed by atoms with Gasteiger partial charge in [-0.15, -0.1) is 0 Å². The molecule has 1 unspecified atom stereocenters. The molecule has 144 valence electrons. The highest BCUT2D eigenvalue weighted by Crippen LogP contribution is 2.36. The summed E-state index contributed by atoms with van der Waals surface area (Å²) in [7, 11) is -5.72. The van der Waals surface area contributed by atoms with Crippen LogP contribution in [-0.2, 0) is 23.5 Å². The van der Waals surface area contributed by atoms with Crippen LogP contribution in [0.15, 0.2) is 0 Å². The molecule has 0 heterocycles. The molecular weight excluding hydrogens is 350 g/mol. The molecule has 0 spiro atoms. The monoisotopic (exact) mass is 383 g/mol. The first-order chi connectivity index (χ1) is 10.4. The smallest absolute Gasteiger partial charge is 0.407 e. The lowest BCUT2D eigenvalue weighted by Crippen LogP contribution is -2.46. The fourth-order valence-corrected chi connectivity index (χ4v) is 3.05. The minimum absolute atomic E-state index is 0.0127. The van der Waals surface area contributed by atoms with Crippen LogP contribution in [0.4, 0.5) is 4.79 Å². The van der Waals surface area contributed by atoms with Crippen LogP contribution in [0.25, 0.3) is 0 Å². The van der Waals surface area contributed by atoms with Crippen molar-refractivity contribution in [3.8, 4) is 0 Å². The third-order valence-electron chi connectivity index (χ3n) is 3.62. The highest BCUT2D eigenvalue weighted by atomic mass is 32.2. The summed E-state index contributed by atoms with van der Waals surface area (Å²) in [5.74, 6) is 0. The quantitative estimate of drug-likeness (QED) is 0.537. The molecule has 1 N–H and O–H groups in total. The predicted octanol–water partition coefficient (Wildman–Crippen LogP) is 2.88. The molecule has 1 atom stereocenters. The first kappa shape index (κ1) is 23.4. The maximum atomic E-state index is 11.7. The first-order valence-corrected chi connectivity index (χ1v) is 12.6. The van der Waals surface area contributed by atoms with Gasteiger partial charge in [-0.1, -0.05) is 20.8 Å². The molecule has 0 aromatic rings. The number of carbonyl (C=O) groups excluding carboxylic acids is 1. The number of carbonyl (C=O) groups is 1. The van der Waals surface area contributed by atoms with Gasteiger partial charge in [-0.25, -0.2) is 4.79 Å². The van der Waals surface area contributed by atoms with Gasteiger partial charge in [-0.3, -0.25) is 4.18 Å². The van der Waals surface area contributed by atoms with Gasteiger partial charge in [0, 0.05) is 0 Å². The van der Waals surface area contributed by atoms with Gasteiger partial charge in [0.2, 0.25) is 0 Å². The second-order valence-corrected chi connectivity index (χ2v) is 14.8. The lowest BCUT2D eigenvalue weighted by molar-refractivity contribution is 0.0481. The molecule has 0 aliphatic heterocycles. The zero-order chi connectivity index (χ0) is 19.4. The van der Waals surface area contributed by atoms with Crippen LogP contribution in [-0.4, -0.2) is 53.9 Å². The standard InChI is InChI=1S/C15H33NO6SSi/c1-14(2,3)21-13(17)16-10-12(22-23(7,18)19)11-20-24(8,9)15(4,5)6/h12H,10-11H2,1-9H3,(H,16,17). The van der Waals surface area contributed by atoms with Crippen LogP contribution < -0.4 is 5.32 Å². The van der Waals surface area contributed by atoms with E-state index in [0.717, 1.165) is 6.26 Å². The molecule has 0 aromatic carbocycles. The molecule has 0 radical (unpaired) electrons. The van der Waals surface area contributed by atoms with E-state index in [2.05, 4.69) is 39.2 Å². The number of amides is 1. The van der Waals surface area contributed by atoms with Crippen molar-refractivity contribution in [1.29, 1.82) is 0 Å². The molecule has 7 nitrogen and oxygen atoms in total. The molecule has 1 amide bonds. The zero-order valence-electron chi connectivity index (χ0n) is 16.3. The van der Waals surface area contributed by atoms with E-state index in [9.17, 15) is 13.2 Å². The highest BCUT2D eigenvalue weighted by Gasteiger charge is 2.38. The van der Waals surface area contributed by atoms with E-state index in [1.807, 2.05) is 0 Å². The van der Waals surface area contributed by atoms with E-state index in [1.165, 1.54) is 0 Å². The number of rotatable bonds is 7. The minimum Gasteiger partial charge on any atom is -0.444 e. The summed E-state index contributed by atoms with van der Waals surface area (Å²) in [6.07, 6.45) is -0.460. The summed E-state index contributed by atoms with van der Waals surface area (Å²) in [4.78, 5) is 11.7. The van der Waals surface area contributed by atoms with Crippen molar-refractivity contribution in [2.75, 3.05) is 19.4 Å². The second kappa shape index (κ2) is 8.16. The molecule has 0 fully saturated rings. The Labute approximate surface area is 147 Å². The van der Waals surface area contributed by atoms with Gasteiger partial charge in [-0.2, -0.15) is 8.42 Å². The number of alkyl carbamates (subject to hydrolysis) is 1. The fourth-order valence-electron chi connectivity index (χ4n) is 1.40. The minimum atomic E-state index is -3.67. The van der Waals surface area contributed by atoms with Gasteiger partial charge in [0.1, 0.15) is 11.7 Å². The van der Waals surface area contributed by atoms with Crippen molar-refractivity contribution < 1.29 is 26.6 Å². The molecule has 0 aliphatic carbocycles. The summed E-state index contributed by atoms with van der Waals surface area (Å²) in [5.41, 5.74) is -0.630. The topological polar surface area (TPSA) is 90.9 Å². The maximum Gasteiger partial charge on any atom is 0.407 e. The summed E-state index contributed by atoms with van der Waals surface area (Å²) < 4.78 is 39.0. The van der Waals surface area contributed by atoms with Crippen LogP contribution in [0.1, 0.15) is 41.5 Å². The predicted molar refractivity (Wildman–Crippen MR) is 97.1 cm³/mol. The van der Waals surface area contributed by atoms with Gasteiger partial charge in [-0.05, 0) is 38.9 Å². The number of hydrogen-bond acceptors (Lipinski definition) is 6. The van der Waals surface area contributed by atoms with Gasteiger partial charge < -0.3 is 14.5 Å². The van der Waals surface area contributed by atoms with E-state index in [4.69, 9.17) is 13.3 Å². The van der Waals surface area contributed by atoms with Crippen molar-refractivity contribution in [3.63, 3.8) is 0 Å². The summed E-state index contributed by atoms with van der Waals surface area (Å²) in [6, 6.07) is 0. The molecule has 0 saturated carbocycles. The third-order valence-corrected chi connectivity index (χ3v) is 8.74. The van der Waals surface area contributed by atoms with E-state index >= 15 is 0 Å². The Balaban J connectivity index is 4.80. The van der Waals surface area contributed by atoms with Crippen molar-refractivity contribution in [1.82, 2.24) is 5.32 Å². The van der Waals surface area contributed by atoms with Gasteiger partial charge in [0.25, 0.3) is 10.1 Å². The van der Waals surface area contributed by atoms with Crippen molar-refractivity contribution in [2.24, 2.45) is 0 Å². The molecule has 24 heavy (non-hydrogen) atoms. The SMILES string of the molecule is CC(C)(C)OC(=O)NCC(CO[Si](C)(C)C(C)(C)C)OS(C)(=O)=O.